The fraction of sp³-hybridized carbons (Fsp3) is 0.778. The third-order valence-corrected chi connectivity index (χ3v) is 1.51. The van der Waals surface area contributed by atoms with E-state index in [0.717, 1.165) is 12.8 Å². The van der Waals surface area contributed by atoms with Crippen molar-refractivity contribution in [3.8, 4) is 11.8 Å². The second kappa shape index (κ2) is 5.32. The Bertz CT molecular complexity index is 127. The molecule has 0 aromatic rings. The summed E-state index contributed by atoms with van der Waals surface area (Å²) in [5.74, 6) is 6.08. The van der Waals surface area contributed by atoms with Crippen molar-refractivity contribution in [1.29, 1.82) is 0 Å². The minimum Gasteiger partial charge on any atom is -0.393 e. The molecule has 0 aromatic carbocycles. The summed E-state index contributed by atoms with van der Waals surface area (Å²) < 4.78 is 0. The molecule has 1 nitrogen and oxygen atoms in total. The summed E-state index contributed by atoms with van der Waals surface area (Å²) >= 11 is 0. The molecule has 0 bridgehead atoms. The van der Waals surface area contributed by atoms with Crippen LogP contribution in [0.15, 0.2) is 0 Å². The average Bonchev–Trinajstić information content (AvgIpc) is 1.88. The largest absolute Gasteiger partial charge is 0.393 e. The second-order valence-electron chi connectivity index (χ2n) is 2.78. The normalized spacial score (nSPS) is 12.5. The van der Waals surface area contributed by atoms with Gasteiger partial charge in [0.05, 0.1) is 6.10 Å². The minimum atomic E-state index is -0.180. The summed E-state index contributed by atoms with van der Waals surface area (Å²) in [6.07, 6.45) is 1.44. The molecule has 0 saturated heterocycles. The van der Waals surface area contributed by atoms with E-state index in [-0.39, 0.29) is 6.10 Å². The van der Waals surface area contributed by atoms with Crippen LogP contribution in [0.5, 0.6) is 0 Å². The van der Waals surface area contributed by atoms with Gasteiger partial charge in [-0.3, -0.25) is 0 Å². The van der Waals surface area contributed by atoms with Gasteiger partial charge in [0.25, 0.3) is 0 Å². The zero-order chi connectivity index (χ0) is 7.98. The van der Waals surface area contributed by atoms with Gasteiger partial charge in [0.2, 0.25) is 0 Å². The summed E-state index contributed by atoms with van der Waals surface area (Å²) in [5, 5.41) is 9.29. The van der Waals surface area contributed by atoms with E-state index in [0.29, 0.717) is 5.92 Å². The summed E-state index contributed by atoms with van der Waals surface area (Å²) in [6, 6.07) is 0. The molecule has 10 heavy (non-hydrogen) atoms. The number of rotatable bonds is 3. The van der Waals surface area contributed by atoms with Crippen molar-refractivity contribution in [2.24, 2.45) is 5.92 Å². The second-order valence-corrected chi connectivity index (χ2v) is 2.78. The molecule has 0 aromatic heterocycles. The highest BCUT2D eigenvalue weighted by atomic mass is 16.3. The van der Waals surface area contributed by atoms with Gasteiger partial charge >= 0.3 is 0 Å². The van der Waals surface area contributed by atoms with Crippen LogP contribution in [0.4, 0.5) is 0 Å². The topological polar surface area (TPSA) is 20.2 Å². The highest BCUT2D eigenvalue weighted by molar-refractivity contribution is 4.95. The van der Waals surface area contributed by atoms with E-state index in [4.69, 9.17) is 0 Å². The van der Waals surface area contributed by atoms with Crippen molar-refractivity contribution < 1.29 is 5.11 Å². The van der Waals surface area contributed by atoms with E-state index < -0.39 is 0 Å². The van der Waals surface area contributed by atoms with Crippen LogP contribution in [0.3, 0.4) is 0 Å². The molecule has 0 aliphatic carbocycles. The molecule has 0 fully saturated rings. The summed E-state index contributed by atoms with van der Waals surface area (Å²) in [7, 11) is 0. The van der Waals surface area contributed by atoms with Crippen LogP contribution < -0.4 is 0 Å². The number of hydrogen-bond acceptors (Lipinski definition) is 1. The van der Waals surface area contributed by atoms with Crippen LogP contribution in [0.25, 0.3) is 0 Å². The monoisotopic (exact) mass is 140 g/mol. The maximum absolute atomic E-state index is 9.29. The Labute approximate surface area is 63.5 Å². The molecule has 0 aliphatic heterocycles. The standard InChI is InChI=1S/C9H16O/c1-4-5-6-7-9(10)8(2)3/h8-10H,6-7H2,1-3H3. The molecule has 0 amide bonds. The van der Waals surface area contributed by atoms with Gasteiger partial charge in [0.1, 0.15) is 0 Å². The smallest absolute Gasteiger partial charge is 0.0572 e. The molecule has 1 unspecified atom stereocenters. The molecule has 0 aliphatic rings. The van der Waals surface area contributed by atoms with Gasteiger partial charge in [-0.15, -0.1) is 11.8 Å². The van der Waals surface area contributed by atoms with Crippen molar-refractivity contribution in [3.05, 3.63) is 0 Å². The van der Waals surface area contributed by atoms with Crippen molar-refractivity contribution in [2.75, 3.05) is 0 Å². The SMILES string of the molecule is CC#CCCC(O)C(C)C. The van der Waals surface area contributed by atoms with E-state index in [1.165, 1.54) is 0 Å². The third-order valence-electron chi connectivity index (χ3n) is 1.51. The van der Waals surface area contributed by atoms with Crippen LogP contribution in [-0.2, 0) is 0 Å². The quantitative estimate of drug-likeness (QED) is 0.593. The first kappa shape index (κ1) is 9.52. The fourth-order valence-corrected chi connectivity index (χ4v) is 0.678. The fourth-order valence-electron chi connectivity index (χ4n) is 0.678. The molecular formula is C9H16O. The lowest BCUT2D eigenvalue weighted by atomic mass is 10.0. The van der Waals surface area contributed by atoms with Crippen molar-refractivity contribution in [1.82, 2.24) is 0 Å². The molecule has 0 saturated carbocycles. The van der Waals surface area contributed by atoms with E-state index in [1.807, 2.05) is 20.8 Å². The number of aliphatic hydroxyl groups excluding tert-OH is 1. The Balaban J connectivity index is 3.36. The van der Waals surface area contributed by atoms with E-state index in [2.05, 4.69) is 11.8 Å². The molecule has 1 heteroatoms. The zero-order valence-corrected chi connectivity index (χ0v) is 7.02. The Kier molecular flexibility index (Phi) is 5.06. The van der Waals surface area contributed by atoms with E-state index >= 15 is 0 Å². The van der Waals surface area contributed by atoms with Crippen molar-refractivity contribution in [3.63, 3.8) is 0 Å². The minimum absolute atomic E-state index is 0.180. The molecule has 1 atom stereocenters. The summed E-state index contributed by atoms with van der Waals surface area (Å²) in [4.78, 5) is 0. The van der Waals surface area contributed by atoms with Gasteiger partial charge in [-0.25, -0.2) is 0 Å². The van der Waals surface area contributed by atoms with Gasteiger partial charge < -0.3 is 5.11 Å². The van der Waals surface area contributed by atoms with E-state index in [1.54, 1.807) is 0 Å². The predicted molar refractivity (Wildman–Crippen MR) is 43.5 cm³/mol. The Morgan fingerprint density at radius 3 is 2.40 bits per heavy atom. The van der Waals surface area contributed by atoms with Crippen molar-refractivity contribution >= 4 is 0 Å². The van der Waals surface area contributed by atoms with Crippen LogP contribution in [0.1, 0.15) is 33.6 Å². The lowest BCUT2D eigenvalue weighted by Gasteiger charge is -2.11. The molecule has 58 valence electrons. The molecule has 0 heterocycles. The molecule has 0 rings (SSSR count). The van der Waals surface area contributed by atoms with Gasteiger partial charge in [-0.05, 0) is 19.3 Å². The van der Waals surface area contributed by atoms with Crippen LogP contribution >= 0.6 is 0 Å². The lowest BCUT2D eigenvalue weighted by Crippen LogP contribution is -2.13. The first-order chi connectivity index (χ1) is 4.68. The highest BCUT2D eigenvalue weighted by Gasteiger charge is 2.06. The Morgan fingerprint density at radius 1 is 1.40 bits per heavy atom. The highest BCUT2D eigenvalue weighted by Crippen LogP contribution is 2.06. The zero-order valence-electron chi connectivity index (χ0n) is 7.02. The maximum Gasteiger partial charge on any atom is 0.0572 e. The molecule has 0 radical (unpaired) electrons. The van der Waals surface area contributed by atoms with Crippen molar-refractivity contribution in [2.45, 2.75) is 39.7 Å². The molecule has 0 spiro atoms. The summed E-state index contributed by atoms with van der Waals surface area (Å²) in [5.41, 5.74) is 0. The first-order valence-corrected chi connectivity index (χ1v) is 3.76. The van der Waals surface area contributed by atoms with E-state index in [9.17, 15) is 5.11 Å². The number of hydrogen-bond donors (Lipinski definition) is 1. The van der Waals surface area contributed by atoms with Crippen LogP contribution in [0, 0.1) is 17.8 Å². The molecular weight excluding hydrogens is 124 g/mol. The van der Waals surface area contributed by atoms with Gasteiger partial charge in [-0.2, -0.15) is 0 Å². The van der Waals surface area contributed by atoms with Gasteiger partial charge in [-0.1, -0.05) is 13.8 Å². The van der Waals surface area contributed by atoms with Crippen LogP contribution in [0.2, 0.25) is 0 Å². The maximum atomic E-state index is 9.29. The first-order valence-electron chi connectivity index (χ1n) is 3.76. The third kappa shape index (κ3) is 4.40. The number of aliphatic hydroxyl groups is 1. The average molecular weight is 140 g/mol. The summed E-state index contributed by atoms with van der Waals surface area (Å²) in [6.45, 7) is 5.86. The molecule has 1 N–H and O–H groups in total. The predicted octanol–water partition coefficient (Wildman–Crippen LogP) is 1.81. The Hall–Kier alpha value is -0.480. The van der Waals surface area contributed by atoms with Crippen LogP contribution in [-0.4, -0.2) is 11.2 Å². The van der Waals surface area contributed by atoms with Gasteiger partial charge in [0.15, 0.2) is 0 Å². The van der Waals surface area contributed by atoms with Gasteiger partial charge in [0, 0.05) is 6.42 Å². The Morgan fingerprint density at radius 2 is 2.00 bits per heavy atom. The lowest BCUT2D eigenvalue weighted by molar-refractivity contribution is 0.118.